The van der Waals surface area contributed by atoms with Gasteiger partial charge in [-0.2, -0.15) is 0 Å². The second-order valence-corrected chi connectivity index (χ2v) is 4.30. The predicted molar refractivity (Wildman–Crippen MR) is 63.2 cm³/mol. The lowest BCUT2D eigenvalue weighted by molar-refractivity contribution is 0.444. The van der Waals surface area contributed by atoms with E-state index in [4.69, 9.17) is 5.41 Å². The summed E-state index contributed by atoms with van der Waals surface area (Å²) in [5, 5.41) is 7.66. The number of unbranched alkanes of at least 4 members (excludes halogenated alkanes) is 1. The number of alkyl halides is 1. The Morgan fingerprint density at radius 2 is 2.00 bits per heavy atom. The second-order valence-electron chi connectivity index (χ2n) is 3.10. The Hall–Kier alpha value is -0.160. The van der Waals surface area contributed by atoms with Gasteiger partial charge in [-0.3, -0.25) is 9.80 Å². The molecule has 0 fully saturated rings. The van der Waals surface area contributed by atoms with E-state index >= 15 is 0 Å². The van der Waals surface area contributed by atoms with E-state index in [0.29, 0.717) is 11.2 Å². The van der Waals surface area contributed by atoms with Crippen molar-refractivity contribution in [2.24, 2.45) is 0 Å². The van der Waals surface area contributed by atoms with Gasteiger partial charge in [-0.25, -0.2) is 0 Å². The molecule has 2 nitrogen and oxygen atoms in total. The van der Waals surface area contributed by atoms with Gasteiger partial charge in [0.2, 0.25) is 0 Å². The van der Waals surface area contributed by atoms with E-state index in [-0.39, 0.29) is 23.7 Å². The van der Waals surface area contributed by atoms with Crippen LogP contribution in [0, 0.1) is 19.3 Å². The Kier molecular flexibility index (Phi) is 6.27. The van der Waals surface area contributed by atoms with Crippen LogP contribution in [0.5, 0.6) is 0 Å². The van der Waals surface area contributed by atoms with Gasteiger partial charge in [0.1, 0.15) is 0 Å². The number of aryl methyl sites for hydroxylation is 1. The number of halogens is 2. The van der Waals surface area contributed by atoms with Gasteiger partial charge in [0.15, 0.2) is 4.80 Å². The molecule has 1 rings (SSSR count). The van der Waals surface area contributed by atoms with Gasteiger partial charge in [-0.1, -0.05) is 0 Å². The lowest BCUT2D eigenvalue weighted by Gasteiger charge is -2.03. The molecule has 82 valence electrons. The molecule has 0 saturated heterocycles. The van der Waals surface area contributed by atoms with Crippen LogP contribution in [-0.2, 0) is 6.54 Å². The maximum atomic E-state index is 11.8. The van der Waals surface area contributed by atoms with Crippen molar-refractivity contribution in [3.63, 3.8) is 0 Å². The molecular weight excluding hydrogens is 267 g/mol. The largest absolute Gasteiger partial charge is 0.321 e. The van der Waals surface area contributed by atoms with Gasteiger partial charge in [0.25, 0.3) is 0 Å². The van der Waals surface area contributed by atoms with Crippen LogP contribution in [0.4, 0.5) is 4.39 Å². The first-order chi connectivity index (χ1) is 6.16. The molecule has 14 heavy (non-hydrogen) atoms. The second kappa shape index (κ2) is 6.35. The molecule has 0 unspecified atom stereocenters. The summed E-state index contributed by atoms with van der Waals surface area (Å²) in [6, 6.07) is 0. The Morgan fingerprint density at radius 1 is 1.36 bits per heavy atom. The number of nitrogens with zero attached hydrogens (tertiary/aromatic N) is 1. The zero-order chi connectivity index (χ0) is 9.84. The molecular formula is C9H16BrFN2S. The van der Waals surface area contributed by atoms with E-state index < -0.39 is 0 Å². The average Bonchev–Trinajstić information content (AvgIpc) is 2.32. The Balaban J connectivity index is 0.00000169. The van der Waals surface area contributed by atoms with Gasteiger partial charge >= 0.3 is 0 Å². The molecule has 0 aliphatic heterocycles. The number of hydrogen-bond acceptors (Lipinski definition) is 2. The molecule has 0 radical (unpaired) electrons. The molecule has 0 saturated carbocycles. The van der Waals surface area contributed by atoms with Crippen LogP contribution in [0.2, 0.25) is 0 Å². The predicted octanol–water partition coefficient (Wildman–Crippen LogP) is 2.97. The number of hydrogen-bond donors (Lipinski definition) is 1. The number of thiazole rings is 1. The minimum absolute atomic E-state index is 0. The fraction of sp³-hybridized carbons (Fsp3) is 0.667. The van der Waals surface area contributed by atoms with Crippen LogP contribution >= 0.6 is 28.3 Å². The summed E-state index contributed by atoms with van der Waals surface area (Å²) in [6.45, 7) is 4.55. The third-order valence-corrected chi connectivity index (χ3v) is 3.19. The Labute approximate surface area is 98.1 Å². The monoisotopic (exact) mass is 282 g/mol. The number of rotatable bonds is 4. The third-order valence-electron chi connectivity index (χ3n) is 2.17. The standard InChI is InChI=1S/C9H15FN2S.BrH/c1-7-8(2)13-9(11)12(7)6-4-3-5-10;/h11H,3-6H2,1-2H3;1H. The molecule has 0 aliphatic carbocycles. The summed E-state index contributed by atoms with van der Waals surface area (Å²) in [7, 11) is 0. The van der Waals surface area contributed by atoms with Gasteiger partial charge in [0.05, 0.1) is 6.67 Å². The van der Waals surface area contributed by atoms with E-state index in [1.807, 2.05) is 18.4 Å². The summed E-state index contributed by atoms with van der Waals surface area (Å²) < 4.78 is 13.8. The van der Waals surface area contributed by atoms with E-state index in [9.17, 15) is 4.39 Å². The summed E-state index contributed by atoms with van der Waals surface area (Å²) in [5.41, 5.74) is 1.15. The first-order valence-electron chi connectivity index (χ1n) is 4.44. The van der Waals surface area contributed by atoms with Crippen molar-refractivity contribution < 1.29 is 4.39 Å². The van der Waals surface area contributed by atoms with Crippen molar-refractivity contribution in [3.8, 4) is 0 Å². The highest BCUT2D eigenvalue weighted by atomic mass is 79.9. The summed E-state index contributed by atoms with van der Waals surface area (Å²) in [5.74, 6) is 0. The molecule has 0 amide bonds. The first-order valence-corrected chi connectivity index (χ1v) is 5.26. The van der Waals surface area contributed by atoms with Crippen molar-refractivity contribution in [1.82, 2.24) is 4.57 Å². The summed E-state index contributed by atoms with van der Waals surface area (Å²) in [6.07, 6.45) is 1.42. The normalized spacial score (nSPS) is 9.93. The number of nitrogens with one attached hydrogen (secondary N) is 1. The first kappa shape index (κ1) is 13.8. The van der Waals surface area contributed by atoms with Crippen LogP contribution < -0.4 is 4.80 Å². The van der Waals surface area contributed by atoms with Crippen molar-refractivity contribution in [1.29, 1.82) is 5.41 Å². The van der Waals surface area contributed by atoms with Crippen molar-refractivity contribution >= 4 is 28.3 Å². The zero-order valence-corrected chi connectivity index (χ0v) is 11.0. The van der Waals surface area contributed by atoms with Crippen LogP contribution in [-0.4, -0.2) is 11.2 Å². The minimum atomic E-state index is -0.254. The minimum Gasteiger partial charge on any atom is -0.321 e. The van der Waals surface area contributed by atoms with Crippen molar-refractivity contribution in [2.75, 3.05) is 6.67 Å². The Bertz CT molecular complexity index is 332. The van der Waals surface area contributed by atoms with Gasteiger partial charge < -0.3 is 4.57 Å². The molecule has 0 bridgehead atoms. The molecule has 1 N–H and O–H groups in total. The van der Waals surface area contributed by atoms with Gasteiger partial charge in [0, 0.05) is 17.1 Å². The maximum Gasteiger partial charge on any atom is 0.182 e. The lowest BCUT2D eigenvalue weighted by atomic mass is 10.3. The number of aromatic nitrogens is 1. The smallest absolute Gasteiger partial charge is 0.182 e. The van der Waals surface area contributed by atoms with Crippen molar-refractivity contribution in [2.45, 2.75) is 33.2 Å². The third kappa shape index (κ3) is 3.20. The molecule has 0 aromatic carbocycles. The van der Waals surface area contributed by atoms with E-state index in [1.54, 1.807) is 0 Å². The van der Waals surface area contributed by atoms with E-state index in [1.165, 1.54) is 16.2 Å². The zero-order valence-electron chi connectivity index (χ0n) is 8.47. The van der Waals surface area contributed by atoms with Gasteiger partial charge in [-0.05, 0) is 26.7 Å². The molecule has 1 aromatic rings. The fourth-order valence-corrected chi connectivity index (χ4v) is 2.14. The van der Waals surface area contributed by atoms with Crippen LogP contribution in [0.25, 0.3) is 0 Å². The highest BCUT2D eigenvalue weighted by Crippen LogP contribution is 2.09. The SMILES string of the molecule is Br.Cc1sc(=N)n(CCCCF)c1C. The topological polar surface area (TPSA) is 28.8 Å². The van der Waals surface area contributed by atoms with Crippen molar-refractivity contribution in [3.05, 3.63) is 15.4 Å². The highest BCUT2D eigenvalue weighted by Gasteiger charge is 2.03. The molecule has 1 heterocycles. The van der Waals surface area contributed by atoms with E-state index in [0.717, 1.165) is 18.7 Å². The van der Waals surface area contributed by atoms with E-state index in [2.05, 4.69) is 0 Å². The lowest BCUT2D eigenvalue weighted by Crippen LogP contribution is -2.14. The van der Waals surface area contributed by atoms with Crippen LogP contribution in [0.15, 0.2) is 0 Å². The molecule has 0 atom stereocenters. The van der Waals surface area contributed by atoms with Crippen LogP contribution in [0.1, 0.15) is 23.4 Å². The fourth-order valence-electron chi connectivity index (χ4n) is 1.25. The maximum absolute atomic E-state index is 11.8. The Morgan fingerprint density at radius 3 is 2.43 bits per heavy atom. The molecule has 0 aliphatic rings. The molecule has 1 aromatic heterocycles. The highest BCUT2D eigenvalue weighted by molar-refractivity contribution is 8.93. The quantitative estimate of drug-likeness (QED) is 0.823. The van der Waals surface area contributed by atoms with Crippen LogP contribution in [0.3, 0.4) is 0 Å². The van der Waals surface area contributed by atoms with Gasteiger partial charge in [-0.15, -0.1) is 28.3 Å². The molecule has 0 spiro atoms. The summed E-state index contributed by atoms with van der Waals surface area (Å²) in [4.78, 5) is 1.76. The molecule has 5 heteroatoms. The summed E-state index contributed by atoms with van der Waals surface area (Å²) >= 11 is 1.49. The average molecular weight is 283 g/mol.